The second-order valence-corrected chi connectivity index (χ2v) is 4.29. The summed E-state index contributed by atoms with van der Waals surface area (Å²) in [7, 11) is 0. The van der Waals surface area contributed by atoms with Crippen LogP contribution in [0.4, 0.5) is 0 Å². The van der Waals surface area contributed by atoms with Gasteiger partial charge in [-0.25, -0.2) is 0 Å². The molecule has 0 aliphatic carbocycles. The van der Waals surface area contributed by atoms with Crippen molar-refractivity contribution in [1.29, 1.82) is 0 Å². The van der Waals surface area contributed by atoms with E-state index in [9.17, 15) is 9.59 Å². The second-order valence-electron chi connectivity index (χ2n) is 3.07. The maximum atomic E-state index is 10.9. The minimum atomic E-state index is -0.409. The van der Waals surface area contributed by atoms with Gasteiger partial charge < -0.3 is 4.74 Å². The predicted molar refractivity (Wildman–Crippen MR) is 58.5 cm³/mol. The van der Waals surface area contributed by atoms with Gasteiger partial charge in [-0.1, -0.05) is 13.3 Å². The van der Waals surface area contributed by atoms with Crippen LogP contribution in [0.5, 0.6) is 0 Å². The first-order valence-corrected chi connectivity index (χ1v) is 6.05. The zero-order valence-corrected chi connectivity index (χ0v) is 9.69. The number of carbonyl (C=O) groups excluding carboxylic acids is 2. The monoisotopic (exact) mass is 218 g/mol. The first-order valence-electron chi connectivity index (χ1n) is 4.89. The fraction of sp³-hybridized carbons (Fsp3) is 0.800. The molecule has 0 bridgehead atoms. The molecule has 0 aromatic carbocycles. The summed E-state index contributed by atoms with van der Waals surface area (Å²) >= 11 is 1.78. The number of rotatable bonds is 8. The van der Waals surface area contributed by atoms with Crippen LogP contribution in [0, 0.1) is 0 Å². The molecule has 0 rings (SSSR count). The molecule has 82 valence electrons. The van der Waals surface area contributed by atoms with Crippen LogP contribution in [0.1, 0.15) is 33.1 Å². The second kappa shape index (κ2) is 9.06. The van der Waals surface area contributed by atoms with Crippen LogP contribution in [0.2, 0.25) is 0 Å². The molecule has 14 heavy (non-hydrogen) atoms. The van der Waals surface area contributed by atoms with Gasteiger partial charge in [0.05, 0.1) is 0 Å². The molecule has 0 saturated heterocycles. The smallest absolute Gasteiger partial charge is 0.313 e. The van der Waals surface area contributed by atoms with Crippen molar-refractivity contribution >= 4 is 23.5 Å². The van der Waals surface area contributed by atoms with Gasteiger partial charge in [0.2, 0.25) is 0 Å². The molecule has 0 aliphatic rings. The van der Waals surface area contributed by atoms with Crippen LogP contribution in [-0.4, -0.2) is 29.9 Å². The molecule has 3 nitrogen and oxygen atoms in total. The molecule has 0 heterocycles. The summed E-state index contributed by atoms with van der Waals surface area (Å²) in [5.74, 6) is 1.38. The van der Waals surface area contributed by atoms with Gasteiger partial charge in [0.1, 0.15) is 18.8 Å². The highest BCUT2D eigenvalue weighted by Crippen LogP contribution is 2.03. The van der Waals surface area contributed by atoms with E-state index in [1.165, 1.54) is 19.8 Å². The summed E-state index contributed by atoms with van der Waals surface area (Å²) in [6, 6.07) is 0. The molecule has 0 saturated carbocycles. The van der Waals surface area contributed by atoms with Crippen molar-refractivity contribution in [3.05, 3.63) is 0 Å². The first kappa shape index (κ1) is 13.5. The van der Waals surface area contributed by atoms with Crippen molar-refractivity contribution in [2.24, 2.45) is 0 Å². The maximum Gasteiger partial charge on any atom is 0.313 e. The lowest BCUT2D eigenvalue weighted by Crippen LogP contribution is -2.10. The highest BCUT2D eigenvalue weighted by Gasteiger charge is 2.05. The van der Waals surface area contributed by atoms with E-state index in [2.05, 4.69) is 6.92 Å². The zero-order chi connectivity index (χ0) is 10.8. The average Bonchev–Trinajstić information content (AvgIpc) is 2.10. The van der Waals surface area contributed by atoms with Gasteiger partial charge in [0, 0.05) is 5.75 Å². The van der Waals surface area contributed by atoms with E-state index >= 15 is 0 Å². The summed E-state index contributed by atoms with van der Waals surface area (Å²) < 4.78 is 4.85. The number of ketones is 1. The summed E-state index contributed by atoms with van der Waals surface area (Å²) in [5, 5.41) is 0. The van der Waals surface area contributed by atoms with E-state index < -0.39 is 5.97 Å². The lowest BCUT2D eigenvalue weighted by atomic mass is 10.3. The zero-order valence-electron chi connectivity index (χ0n) is 8.88. The molecular formula is C10H18O3S. The number of esters is 1. The van der Waals surface area contributed by atoms with E-state index in [0.29, 0.717) is 6.61 Å². The van der Waals surface area contributed by atoms with Crippen molar-refractivity contribution in [3.8, 4) is 0 Å². The van der Waals surface area contributed by atoms with Crippen LogP contribution in [0.25, 0.3) is 0 Å². The normalized spacial score (nSPS) is 9.86. The van der Waals surface area contributed by atoms with Crippen molar-refractivity contribution in [1.82, 2.24) is 0 Å². The number of ether oxygens (including phenoxy) is 1. The minimum absolute atomic E-state index is 0.0976. The molecule has 0 amide bonds. The lowest BCUT2D eigenvalue weighted by molar-refractivity contribution is -0.145. The third-order valence-electron chi connectivity index (χ3n) is 1.53. The highest BCUT2D eigenvalue weighted by atomic mass is 32.2. The quantitative estimate of drug-likeness (QED) is 0.355. The topological polar surface area (TPSA) is 43.4 Å². The lowest BCUT2D eigenvalue weighted by Gasteiger charge is -2.02. The van der Waals surface area contributed by atoms with E-state index in [1.54, 1.807) is 11.8 Å². The standard InChI is InChI=1S/C10H18O3S/c1-3-4-6-14-7-5-13-10(12)8-9(2)11/h3-8H2,1-2H3. The molecule has 0 atom stereocenters. The van der Waals surface area contributed by atoms with E-state index in [0.717, 1.165) is 11.5 Å². The van der Waals surface area contributed by atoms with E-state index in [1.807, 2.05) is 0 Å². The fourth-order valence-corrected chi connectivity index (χ4v) is 1.72. The Kier molecular flexibility index (Phi) is 8.73. The molecule has 0 N–H and O–H groups in total. The van der Waals surface area contributed by atoms with E-state index in [-0.39, 0.29) is 12.2 Å². The highest BCUT2D eigenvalue weighted by molar-refractivity contribution is 7.99. The molecule has 0 fully saturated rings. The third-order valence-corrected chi connectivity index (χ3v) is 2.56. The molecule has 0 unspecified atom stereocenters. The van der Waals surface area contributed by atoms with Gasteiger partial charge >= 0.3 is 5.97 Å². The number of hydrogen-bond acceptors (Lipinski definition) is 4. The van der Waals surface area contributed by atoms with Crippen LogP contribution in [-0.2, 0) is 14.3 Å². The Bertz CT molecular complexity index is 180. The average molecular weight is 218 g/mol. The molecule has 0 aromatic heterocycles. The Labute approximate surface area is 89.6 Å². The maximum absolute atomic E-state index is 10.9. The Morgan fingerprint density at radius 2 is 2.00 bits per heavy atom. The largest absolute Gasteiger partial charge is 0.464 e. The molecule has 0 aliphatic heterocycles. The van der Waals surface area contributed by atoms with Crippen LogP contribution < -0.4 is 0 Å². The minimum Gasteiger partial charge on any atom is -0.464 e. The van der Waals surface area contributed by atoms with Crippen molar-refractivity contribution in [2.45, 2.75) is 33.1 Å². The first-order chi connectivity index (χ1) is 6.66. The van der Waals surface area contributed by atoms with Gasteiger partial charge in [0.15, 0.2) is 0 Å². The molecule has 0 aromatic rings. The van der Waals surface area contributed by atoms with Gasteiger partial charge in [-0.05, 0) is 19.1 Å². The SMILES string of the molecule is CCCCSCCOC(=O)CC(C)=O. The van der Waals surface area contributed by atoms with Gasteiger partial charge in [-0.15, -0.1) is 0 Å². The third kappa shape index (κ3) is 9.58. The number of unbranched alkanes of at least 4 members (excludes halogenated alkanes) is 1. The molecule has 4 heteroatoms. The summed E-state index contributed by atoms with van der Waals surface area (Å²) in [6.07, 6.45) is 2.29. The van der Waals surface area contributed by atoms with E-state index in [4.69, 9.17) is 4.74 Å². The summed E-state index contributed by atoms with van der Waals surface area (Å²) in [6.45, 7) is 3.95. The number of thioether (sulfide) groups is 1. The number of Topliss-reactive ketones (excluding diaryl/α,β-unsaturated/α-hetero) is 1. The molecule has 0 radical (unpaired) electrons. The summed E-state index contributed by atoms with van der Waals surface area (Å²) in [4.78, 5) is 21.4. The van der Waals surface area contributed by atoms with Crippen LogP contribution >= 0.6 is 11.8 Å². The predicted octanol–water partition coefficient (Wildman–Crippen LogP) is 2.04. The number of hydrogen-bond donors (Lipinski definition) is 0. The number of carbonyl (C=O) groups is 2. The Balaban J connectivity index is 3.19. The summed E-state index contributed by atoms with van der Waals surface area (Å²) in [5.41, 5.74) is 0. The van der Waals surface area contributed by atoms with Crippen molar-refractivity contribution in [2.75, 3.05) is 18.1 Å². The Morgan fingerprint density at radius 3 is 2.57 bits per heavy atom. The van der Waals surface area contributed by atoms with Gasteiger partial charge in [-0.3, -0.25) is 9.59 Å². The van der Waals surface area contributed by atoms with Crippen molar-refractivity contribution in [3.63, 3.8) is 0 Å². The van der Waals surface area contributed by atoms with Crippen LogP contribution in [0.3, 0.4) is 0 Å². The Morgan fingerprint density at radius 1 is 1.29 bits per heavy atom. The van der Waals surface area contributed by atoms with Crippen LogP contribution in [0.15, 0.2) is 0 Å². The fourth-order valence-electron chi connectivity index (χ4n) is 0.817. The molecular weight excluding hydrogens is 200 g/mol. The van der Waals surface area contributed by atoms with Crippen molar-refractivity contribution < 1.29 is 14.3 Å². The molecule has 0 spiro atoms. The van der Waals surface area contributed by atoms with Gasteiger partial charge in [-0.2, -0.15) is 11.8 Å². The Hall–Kier alpha value is -0.510. The van der Waals surface area contributed by atoms with Gasteiger partial charge in [0.25, 0.3) is 0 Å².